The van der Waals surface area contributed by atoms with Crippen LogP contribution in [0.3, 0.4) is 0 Å². The Morgan fingerprint density at radius 3 is 2.88 bits per heavy atom. The molecule has 0 amide bonds. The first kappa shape index (κ1) is 11.6. The molecule has 1 heterocycles. The van der Waals surface area contributed by atoms with Crippen molar-refractivity contribution >= 4 is 20.6 Å². The minimum absolute atomic E-state index is 0.0742. The molecule has 1 unspecified atom stereocenters. The van der Waals surface area contributed by atoms with Crippen LogP contribution in [0.5, 0.6) is 0 Å². The second-order valence-corrected chi connectivity index (χ2v) is 4.62. The smallest absolute Gasteiger partial charge is 0.156 e. The molecule has 0 radical (unpaired) electrons. The van der Waals surface area contributed by atoms with Crippen LogP contribution < -0.4 is 0 Å². The molecule has 0 spiro atoms. The van der Waals surface area contributed by atoms with Gasteiger partial charge in [0.15, 0.2) is 6.10 Å². The van der Waals surface area contributed by atoms with Gasteiger partial charge in [0.1, 0.15) is 4.62 Å². The third kappa shape index (κ3) is 3.61. The van der Waals surface area contributed by atoms with E-state index >= 15 is 0 Å². The van der Waals surface area contributed by atoms with Crippen molar-refractivity contribution in [3.05, 3.63) is 35.9 Å². The molecule has 16 heavy (non-hydrogen) atoms. The van der Waals surface area contributed by atoms with Crippen LogP contribution >= 0.6 is 15.9 Å². The molecule has 3 nitrogen and oxygen atoms in total. The lowest BCUT2D eigenvalue weighted by Crippen LogP contribution is -2.16. The van der Waals surface area contributed by atoms with Crippen molar-refractivity contribution in [1.29, 1.82) is 0 Å². The summed E-state index contributed by atoms with van der Waals surface area (Å²) >= 11 is 3.29. The Morgan fingerprint density at radius 1 is 1.38 bits per heavy atom. The summed E-state index contributed by atoms with van der Waals surface area (Å²) in [4.78, 5) is 5.13. The van der Waals surface area contributed by atoms with Crippen LogP contribution in [0.2, 0.25) is 0 Å². The van der Waals surface area contributed by atoms with E-state index in [4.69, 9.17) is 9.57 Å². The van der Waals surface area contributed by atoms with Crippen LogP contribution in [0.25, 0.3) is 0 Å². The third-order valence-corrected chi connectivity index (χ3v) is 2.85. The zero-order valence-corrected chi connectivity index (χ0v) is 10.5. The summed E-state index contributed by atoms with van der Waals surface area (Å²) in [5.41, 5.74) is 1.30. The highest BCUT2D eigenvalue weighted by molar-refractivity contribution is 9.18. The monoisotopic (exact) mass is 283 g/mol. The zero-order chi connectivity index (χ0) is 11.2. The summed E-state index contributed by atoms with van der Waals surface area (Å²) < 4.78 is 6.42. The first-order valence-electron chi connectivity index (χ1n) is 5.34. The fourth-order valence-corrected chi connectivity index (χ4v) is 1.98. The molecule has 1 atom stereocenters. The van der Waals surface area contributed by atoms with Gasteiger partial charge < -0.3 is 9.57 Å². The SMILES string of the molecule is BrC1=NOC(COCCc2ccccc2)C1. The Bertz CT molecular complexity index is 353. The van der Waals surface area contributed by atoms with Gasteiger partial charge in [-0.15, -0.1) is 0 Å². The first-order valence-corrected chi connectivity index (χ1v) is 6.14. The van der Waals surface area contributed by atoms with Crippen molar-refractivity contribution in [3.8, 4) is 0 Å². The number of hydrogen-bond donors (Lipinski definition) is 0. The van der Waals surface area contributed by atoms with Gasteiger partial charge in [-0.05, 0) is 27.9 Å². The van der Waals surface area contributed by atoms with Gasteiger partial charge in [0.2, 0.25) is 0 Å². The highest BCUT2D eigenvalue weighted by Crippen LogP contribution is 2.14. The van der Waals surface area contributed by atoms with Crippen molar-refractivity contribution in [2.45, 2.75) is 18.9 Å². The second-order valence-electron chi connectivity index (χ2n) is 3.71. The van der Waals surface area contributed by atoms with Gasteiger partial charge in [-0.3, -0.25) is 0 Å². The maximum absolute atomic E-state index is 5.55. The topological polar surface area (TPSA) is 30.8 Å². The Balaban J connectivity index is 1.59. The van der Waals surface area contributed by atoms with Crippen LogP contribution in [0.15, 0.2) is 35.5 Å². The van der Waals surface area contributed by atoms with E-state index in [0.717, 1.165) is 24.1 Å². The summed E-state index contributed by atoms with van der Waals surface area (Å²) in [7, 11) is 0. The predicted octanol–water partition coefficient (Wildman–Crippen LogP) is 2.74. The Kier molecular flexibility index (Phi) is 4.36. The van der Waals surface area contributed by atoms with Gasteiger partial charge in [-0.25, -0.2) is 0 Å². The fraction of sp³-hybridized carbons (Fsp3) is 0.417. The lowest BCUT2D eigenvalue weighted by Gasteiger charge is -2.08. The molecule has 0 saturated heterocycles. The lowest BCUT2D eigenvalue weighted by atomic mass is 10.2. The van der Waals surface area contributed by atoms with Gasteiger partial charge >= 0.3 is 0 Å². The van der Waals surface area contributed by atoms with Crippen LogP contribution in [0, 0.1) is 0 Å². The molecule has 1 aliphatic heterocycles. The van der Waals surface area contributed by atoms with Crippen LogP contribution in [-0.2, 0) is 16.0 Å². The van der Waals surface area contributed by atoms with Gasteiger partial charge in [-0.1, -0.05) is 35.5 Å². The van der Waals surface area contributed by atoms with Crippen molar-refractivity contribution < 1.29 is 9.57 Å². The molecule has 0 aliphatic carbocycles. The highest BCUT2D eigenvalue weighted by Gasteiger charge is 2.18. The minimum Gasteiger partial charge on any atom is -0.389 e. The molecule has 0 N–H and O–H groups in total. The van der Waals surface area contributed by atoms with E-state index in [9.17, 15) is 0 Å². The normalized spacial score (nSPS) is 19.3. The molecule has 86 valence electrons. The third-order valence-electron chi connectivity index (χ3n) is 2.38. The standard InChI is InChI=1S/C12H14BrNO2/c13-12-8-11(16-14-12)9-15-7-6-10-4-2-1-3-5-10/h1-5,11H,6-9H2. The molecule has 0 fully saturated rings. The molecule has 1 aromatic rings. The number of halogens is 1. The Hall–Kier alpha value is -0.870. The first-order chi connectivity index (χ1) is 7.84. The summed E-state index contributed by atoms with van der Waals surface area (Å²) in [5, 5.41) is 3.81. The van der Waals surface area contributed by atoms with Crippen LogP contribution in [0.4, 0.5) is 0 Å². The van der Waals surface area contributed by atoms with E-state index in [1.807, 2.05) is 18.2 Å². The van der Waals surface area contributed by atoms with Crippen LogP contribution in [0.1, 0.15) is 12.0 Å². The summed E-state index contributed by atoms with van der Waals surface area (Å²) in [6.07, 6.45) is 1.83. The molecule has 2 rings (SSSR count). The van der Waals surface area contributed by atoms with E-state index < -0.39 is 0 Å². The molecule has 1 aliphatic rings. The maximum Gasteiger partial charge on any atom is 0.156 e. The Morgan fingerprint density at radius 2 is 2.19 bits per heavy atom. The van der Waals surface area contributed by atoms with Gasteiger partial charge in [0.05, 0.1) is 13.2 Å². The number of ether oxygens (including phenoxy) is 1. The van der Waals surface area contributed by atoms with E-state index in [2.05, 4.69) is 33.2 Å². The molecule has 1 aromatic carbocycles. The number of oxime groups is 1. The van der Waals surface area contributed by atoms with E-state index in [-0.39, 0.29) is 6.10 Å². The number of benzene rings is 1. The lowest BCUT2D eigenvalue weighted by molar-refractivity contribution is 0.00378. The molecule has 0 bridgehead atoms. The Labute approximate surface area is 104 Å². The molecule has 4 heteroatoms. The van der Waals surface area contributed by atoms with E-state index in [0.29, 0.717) is 6.61 Å². The van der Waals surface area contributed by atoms with Gasteiger partial charge in [-0.2, -0.15) is 0 Å². The van der Waals surface area contributed by atoms with Crippen molar-refractivity contribution in [2.75, 3.05) is 13.2 Å². The number of hydrogen-bond acceptors (Lipinski definition) is 3. The quantitative estimate of drug-likeness (QED) is 0.778. The molecular weight excluding hydrogens is 270 g/mol. The number of nitrogens with zero attached hydrogens (tertiary/aromatic N) is 1. The second kappa shape index (κ2) is 6.01. The van der Waals surface area contributed by atoms with Gasteiger partial charge in [0, 0.05) is 6.42 Å². The summed E-state index contributed by atoms with van der Waals surface area (Å²) in [6.45, 7) is 1.33. The van der Waals surface area contributed by atoms with E-state index in [1.165, 1.54) is 5.56 Å². The van der Waals surface area contributed by atoms with Crippen molar-refractivity contribution in [3.63, 3.8) is 0 Å². The maximum atomic E-state index is 5.55. The molecular formula is C12H14BrNO2. The largest absolute Gasteiger partial charge is 0.389 e. The minimum atomic E-state index is 0.0742. The summed E-state index contributed by atoms with van der Waals surface area (Å²) in [5.74, 6) is 0. The number of rotatable bonds is 5. The van der Waals surface area contributed by atoms with Gasteiger partial charge in [0.25, 0.3) is 0 Å². The van der Waals surface area contributed by atoms with E-state index in [1.54, 1.807) is 0 Å². The molecule has 0 aromatic heterocycles. The van der Waals surface area contributed by atoms with Crippen LogP contribution in [-0.4, -0.2) is 23.9 Å². The van der Waals surface area contributed by atoms with Crippen molar-refractivity contribution in [2.24, 2.45) is 5.16 Å². The predicted molar refractivity (Wildman–Crippen MR) is 66.8 cm³/mol. The van der Waals surface area contributed by atoms with Crippen molar-refractivity contribution in [1.82, 2.24) is 0 Å². The fourth-order valence-electron chi connectivity index (χ4n) is 1.53. The molecule has 0 saturated carbocycles. The highest BCUT2D eigenvalue weighted by atomic mass is 79.9. The average Bonchev–Trinajstić information content (AvgIpc) is 2.72. The zero-order valence-electron chi connectivity index (χ0n) is 8.93. The average molecular weight is 284 g/mol. The summed E-state index contributed by atoms with van der Waals surface area (Å²) in [6, 6.07) is 10.3.